The van der Waals surface area contributed by atoms with Crippen molar-refractivity contribution >= 4 is 0 Å². The molecular weight excluding hydrogens is 236 g/mol. The van der Waals surface area contributed by atoms with Gasteiger partial charge in [0.25, 0.3) is 0 Å². The third kappa shape index (κ3) is 2.38. The molecule has 0 radical (unpaired) electrons. The van der Waals surface area contributed by atoms with Crippen LogP contribution in [0.15, 0.2) is 43.0 Å². The summed E-state index contributed by atoms with van der Waals surface area (Å²) in [6.45, 7) is 8.07. The van der Waals surface area contributed by atoms with Gasteiger partial charge in [0.1, 0.15) is 11.9 Å². The minimum absolute atomic E-state index is 0.368. The summed E-state index contributed by atoms with van der Waals surface area (Å²) < 4.78 is 0. The predicted octanol–water partition coefficient (Wildman–Crippen LogP) is 3.07. The maximum Gasteiger partial charge on any atom is 0.122 e. The zero-order valence-corrected chi connectivity index (χ0v) is 11.9. The summed E-state index contributed by atoms with van der Waals surface area (Å²) in [5.41, 5.74) is 1.27. The molecule has 0 aliphatic rings. The Balaban J connectivity index is 2.63. The molecule has 1 unspecified atom stereocenters. The Morgan fingerprint density at radius 3 is 1.89 bits per heavy atom. The number of aromatic nitrogens is 2. The number of hydrogen-bond donors (Lipinski definition) is 1. The molecule has 0 saturated heterocycles. The van der Waals surface area contributed by atoms with Crippen molar-refractivity contribution < 1.29 is 5.11 Å². The second-order valence-corrected chi connectivity index (χ2v) is 5.95. The summed E-state index contributed by atoms with van der Waals surface area (Å²) in [6.07, 6.45) is 4.83. The first kappa shape index (κ1) is 13.7. The first-order chi connectivity index (χ1) is 8.85. The highest BCUT2D eigenvalue weighted by Crippen LogP contribution is 2.44. The van der Waals surface area contributed by atoms with Crippen molar-refractivity contribution in [2.75, 3.05) is 0 Å². The normalized spacial score (nSPS) is 15.0. The number of aryl methyl sites for hydroxylation is 1. The summed E-state index contributed by atoms with van der Waals surface area (Å²) in [4.78, 5) is 8.07. The highest BCUT2D eigenvalue weighted by atomic mass is 16.3. The highest BCUT2D eigenvalue weighted by Gasteiger charge is 2.43. The molecule has 1 aromatic carbocycles. The van der Waals surface area contributed by atoms with E-state index in [1.165, 1.54) is 11.9 Å². The van der Waals surface area contributed by atoms with Crippen LogP contribution in [-0.2, 0) is 5.60 Å². The molecule has 1 heterocycles. The van der Waals surface area contributed by atoms with Gasteiger partial charge in [-0.15, -0.1) is 0 Å². The molecule has 0 aliphatic carbocycles. The summed E-state index contributed by atoms with van der Waals surface area (Å²) in [5.74, 6) is 0. The zero-order chi connectivity index (χ0) is 14.1. The first-order valence-electron chi connectivity index (χ1n) is 6.41. The molecule has 0 spiro atoms. The quantitative estimate of drug-likeness (QED) is 0.898. The molecule has 0 bridgehead atoms. The minimum atomic E-state index is -1.11. The van der Waals surface area contributed by atoms with Crippen LogP contribution in [0.3, 0.4) is 0 Å². The van der Waals surface area contributed by atoms with Crippen LogP contribution < -0.4 is 0 Å². The average Bonchev–Trinajstić information content (AvgIpc) is 2.38. The fourth-order valence-corrected chi connectivity index (χ4v) is 2.31. The molecule has 3 nitrogen and oxygen atoms in total. The van der Waals surface area contributed by atoms with Crippen LogP contribution in [0.4, 0.5) is 0 Å². The molecule has 0 aliphatic heterocycles. The summed E-state index contributed by atoms with van der Waals surface area (Å²) in [6, 6.07) is 7.95. The summed E-state index contributed by atoms with van der Waals surface area (Å²) in [7, 11) is 0. The van der Waals surface area contributed by atoms with Gasteiger partial charge >= 0.3 is 0 Å². The second kappa shape index (κ2) is 4.74. The molecule has 2 aromatic rings. The van der Waals surface area contributed by atoms with E-state index in [4.69, 9.17) is 0 Å². The van der Waals surface area contributed by atoms with Crippen molar-refractivity contribution in [3.05, 3.63) is 59.7 Å². The van der Waals surface area contributed by atoms with Crippen LogP contribution in [0.1, 0.15) is 37.5 Å². The van der Waals surface area contributed by atoms with E-state index in [1.807, 2.05) is 52.0 Å². The predicted molar refractivity (Wildman–Crippen MR) is 75.7 cm³/mol. The van der Waals surface area contributed by atoms with E-state index in [1.54, 1.807) is 12.4 Å². The van der Waals surface area contributed by atoms with Crippen LogP contribution in [0.5, 0.6) is 0 Å². The molecule has 0 amide bonds. The second-order valence-electron chi connectivity index (χ2n) is 5.95. The molecule has 19 heavy (non-hydrogen) atoms. The van der Waals surface area contributed by atoms with Crippen LogP contribution >= 0.6 is 0 Å². The lowest BCUT2D eigenvalue weighted by atomic mass is 9.69. The fraction of sp³-hybridized carbons (Fsp3) is 0.375. The maximum atomic E-state index is 11.3. The Morgan fingerprint density at radius 2 is 1.42 bits per heavy atom. The van der Waals surface area contributed by atoms with Gasteiger partial charge in [-0.2, -0.15) is 0 Å². The molecule has 1 aromatic heterocycles. The minimum Gasteiger partial charge on any atom is -0.380 e. The Labute approximate surface area is 114 Å². The fourth-order valence-electron chi connectivity index (χ4n) is 2.31. The number of rotatable bonds is 2. The molecular formula is C16H20N2O. The van der Waals surface area contributed by atoms with E-state index < -0.39 is 5.60 Å². The van der Waals surface area contributed by atoms with E-state index in [0.717, 1.165) is 5.56 Å². The topological polar surface area (TPSA) is 46.0 Å². The van der Waals surface area contributed by atoms with Gasteiger partial charge in [-0.05, 0) is 17.9 Å². The third-order valence-electron chi connectivity index (χ3n) is 3.53. The van der Waals surface area contributed by atoms with Gasteiger partial charge in [0.2, 0.25) is 0 Å². The van der Waals surface area contributed by atoms with Gasteiger partial charge in [0, 0.05) is 18.0 Å². The average molecular weight is 256 g/mol. The van der Waals surface area contributed by atoms with Crippen molar-refractivity contribution in [1.82, 2.24) is 9.97 Å². The molecule has 0 saturated carbocycles. The summed E-state index contributed by atoms with van der Waals surface area (Å²) in [5, 5.41) is 11.3. The lowest BCUT2D eigenvalue weighted by Gasteiger charge is -2.40. The molecule has 2 rings (SSSR count). The number of hydrogen-bond acceptors (Lipinski definition) is 3. The van der Waals surface area contributed by atoms with Gasteiger partial charge in [-0.1, -0.05) is 50.6 Å². The van der Waals surface area contributed by atoms with E-state index >= 15 is 0 Å². The summed E-state index contributed by atoms with van der Waals surface area (Å²) >= 11 is 0. The Bertz CT molecular complexity index is 543. The van der Waals surface area contributed by atoms with Crippen molar-refractivity contribution in [2.45, 2.75) is 33.3 Å². The van der Waals surface area contributed by atoms with Crippen molar-refractivity contribution in [3.63, 3.8) is 0 Å². The maximum absolute atomic E-state index is 11.3. The third-order valence-corrected chi connectivity index (χ3v) is 3.53. The molecule has 1 atom stereocenters. The lowest BCUT2D eigenvalue weighted by Crippen LogP contribution is -2.41. The van der Waals surface area contributed by atoms with Crippen molar-refractivity contribution in [3.8, 4) is 0 Å². The van der Waals surface area contributed by atoms with Crippen LogP contribution in [-0.4, -0.2) is 15.1 Å². The van der Waals surface area contributed by atoms with Gasteiger partial charge < -0.3 is 5.11 Å². The van der Waals surface area contributed by atoms with E-state index in [-0.39, 0.29) is 5.41 Å². The van der Waals surface area contributed by atoms with E-state index in [2.05, 4.69) is 9.97 Å². The Hall–Kier alpha value is -1.74. The van der Waals surface area contributed by atoms with Crippen LogP contribution in [0.2, 0.25) is 0 Å². The van der Waals surface area contributed by atoms with E-state index in [9.17, 15) is 5.11 Å². The van der Waals surface area contributed by atoms with Crippen LogP contribution in [0.25, 0.3) is 0 Å². The first-order valence-corrected chi connectivity index (χ1v) is 6.41. The number of nitrogens with zero attached hydrogens (tertiary/aromatic N) is 2. The zero-order valence-electron chi connectivity index (χ0n) is 11.9. The Kier molecular flexibility index (Phi) is 3.42. The van der Waals surface area contributed by atoms with Crippen molar-refractivity contribution in [2.24, 2.45) is 5.41 Å². The molecule has 3 heteroatoms. The van der Waals surface area contributed by atoms with Crippen LogP contribution in [0, 0.1) is 12.3 Å². The van der Waals surface area contributed by atoms with Crippen molar-refractivity contribution in [1.29, 1.82) is 0 Å². The molecule has 0 fully saturated rings. The standard InChI is InChI=1S/C16H20N2O/c1-12-5-7-13(8-6-12)16(19,15(2,3)4)14-9-17-11-18-10-14/h5-11,19H,1-4H3. The molecule has 100 valence electrons. The van der Waals surface area contributed by atoms with Gasteiger partial charge in [-0.3, -0.25) is 0 Å². The number of aliphatic hydroxyl groups is 1. The SMILES string of the molecule is Cc1ccc(C(O)(c2cncnc2)C(C)(C)C)cc1. The smallest absolute Gasteiger partial charge is 0.122 e. The highest BCUT2D eigenvalue weighted by molar-refractivity contribution is 5.37. The van der Waals surface area contributed by atoms with Gasteiger partial charge in [-0.25, -0.2) is 9.97 Å². The van der Waals surface area contributed by atoms with Gasteiger partial charge in [0.15, 0.2) is 0 Å². The van der Waals surface area contributed by atoms with E-state index in [0.29, 0.717) is 5.56 Å². The van der Waals surface area contributed by atoms with Gasteiger partial charge in [0.05, 0.1) is 0 Å². The largest absolute Gasteiger partial charge is 0.380 e. The lowest BCUT2D eigenvalue weighted by molar-refractivity contribution is -0.0265. The Morgan fingerprint density at radius 1 is 0.895 bits per heavy atom. The monoisotopic (exact) mass is 256 g/mol. The number of benzene rings is 1. The molecule has 1 N–H and O–H groups in total.